The van der Waals surface area contributed by atoms with Crippen LogP contribution in [0.1, 0.15) is 10.5 Å². The average Bonchev–Trinajstić information content (AvgIpc) is 3.18. The van der Waals surface area contributed by atoms with Crippen LogP contribution in [0, 0.1) is 0 Å². The molecule has 1 N–H and O–H groups in total. The van der Waals surface area contributed by atoms with Crippen LogP contribution >= 0.6 is 34.4 Å². The van der Waals surface area contributed by atoms with Gasteiger partial charge in [-0.2, -0.15) is 0 Å². The van der Waals surface area contributed by atoms with Crippen LogP contribution < -0.4 is 5.32 Å². The summed E-state index contributed by atoms with van der Waals surface area (Å²) in [6.45, 7) is 0. The van der Waals surface area contributed by atoms with Gasteiger partial charge >= 0.3 is 0 Å². The Kier molecular flexibility index (Phi) is 3.72. The predicted molar refractivity (Wildman–Crippen MR) is 96.8 cm³/mol. The van der Waals surface area contributed by atoms with Gasteiger partial charge in [-0.05, 0) is 30.5 Å². The lowest BCUT2D eigenvalue weighted by Crippen LogP contribution is -2.12. The molecule has 0 bridgehead atoms. The Morgan fingerprint density at radius 1 is 1.09 bits per heavy atom. The van der Waals surface area contributed by atoms with Crippen molar-refractivity contribution in [3.05, 3.63) is 42.2 Å². The number of nitrogens with one attached hydrogen (secondary N) is 1. The number of rotatable bonds is 3. The molecule has 0 saturated carbocycles. The molecule has 0 saturated heterocycles. The second-order valence-corrected chi connectivity index (χ2v) is 7.69. The Labute approximate surface area is 143 Å². The molecule has 0 radical (unpaired) electrons. The number of thiazole rings is 2. The van der Waals surface area contributed by atoms with Crippen molar-refractivity contribution < 1.29 is 4.79 Å². The van der Waals surface area contributed by atoms with Crippen molar-refractivity contribution in [3.63, 3.8) is 0 Å². The van der Waals surface area contributed by atoms with Gasteiger partial charge in [0.1, 0.15) is 5.69 Å². The first kappa shape index (κ1) is 14.6. The fourth-order valence-corrected chi connectivity index (χ4v) is 4.81. The van der Waals surface area contributed by atoms with Crippen molar-refractivity contribution in [2.75, 3.05) is 11.6 Å². The lowest BCUT2D eigenvalue weighted by atomic mass is 10.3. The molecule has 5 nitrogen and oxygen atoms in total. The van der Waals surface area contributed by atoms with Gasteiger partial charge in [0.2, 0.25) is 0 Å². The molecule has 3 aromatic heterocycles. The van der Waals surface area contributed by atoms with Gasteiger partial charge in [0, 0.05) is 6.20 Å². The molecule has 8 heteroatoms. The summed E-state index contributed by atoms with van der Waals surface area (Å²) in [6.07, 6.45) is 3.61. The zero-order valence-corrected chi connectivity index (χ0v) is 14.4. The first-order chi connectivity index (χ1) is 11.2. The van der Waals surface area contributed by atoms with Gasteiger partial charge in [-0.3, -0.25) is 15.1 Å². The van der Waals surface area contributed by atoms with E-state index in [9.17, 15) is 4.79 Å². The van der Waals surface area contributed by atoms with Gasteiger partial charge in [-0.15, -0.1) is 11.3 Å². The zero-order valence-electron chi connectivity index (χ0n) is 11.9. The topological polar surface area (TPSA) is 67.8 Å². The lowest BCUT2D eigenvalue weighted by molar-refractivity contribution is 0.102. The molecular weight excluding hydrogens is 348 g/mol. The number of carbonyl (C=O) groups is 1. The van der Waals surface area contributed by atoms with Gasteiger partial charge in [0.05, 0.1) is 20.4 Å². The minimum absolute atomic E-state index is 0.255. The summed E-state index contributed by atoms with van der Waals surface area (Å²) in [4.78, 5) is 25.3. The molecule has 0 fully saturated rings. The number of thioether (sulfide) groups is 1. The normalized spacial score (nSPS) is 11.2. The number of hydrogen-bond acceptors (Lipinski definition) is 7. The summed E-state index contributed by atoms with van der Waals surface area (Å²) in [5.74, 6) is -0.255. The van der Waals surface area contributed by atoms with Crippen molar-refractivity contribution >= 4 is 65.9 Å². The van der Waals surface area contributed by atoms with Gasteiger partial charge < -0.3 is 0 Å². The summed E-state index contributed by atoms with van der Waals surface area (Å²) >= 11 is 4.75. The fraction of sp³-hybridized carbons (Fsp3) is 0.0667. The number of benzene rings is 1. The maximum Gasteiger partial charge on any atom is 0.276 e. The molecule has 0 unspecified atom stereocenters. The number of hydrogen-bond donors (Lipinski definition) is 1. The van der Waals surface area contributed by atoms with E-state index < -0.39 is 0 Å². The Morgan fingerprint density at radius 3 is 2.61 bits per heavy atom. The maximum atomic E-state index is 12.2. The van der Waals surface area contributed by atoms with Gasteiger partial charge in [0.25, 0.3) is 5.91 Å². The maximum absolute atomic E-state index is 12.2. The van der Waals surface area contributed by atoms with Crippen LogP contribution in [0.5, 0.6) is 0 Å². The third kappa shape index (κ3) is 2.69. The quantitative estimate of drug-likeness (QED) is 0.554. The molecule has 4 rings (SSSR count). The summed E-state index contributed by atoms with van der Waals surface area (Å²) < 4.78 is 3.19. The van der Waals surface area contributed by atoms with Gasteiger partial charge in [-0.25, -0.2) is 9.97 Å². The molecule has 0 aliphatic rings. The highest BCUT2D eigenvalue weighted by Crippen LogP contribution is 2.38. The van der Waals surface area contributed by atoms with E-state index in [1.807, 2.05) is 18.4 Å². The van der Waals surface area contributed by atoms with Crippen LogP contribution in [0.3, 0.4) is 0 Å². The summed E-state index contributed by atoms with van der Waals surface area (Å²) in [5.41, 5.74) is 2.22. The van der Waals surface area contributed by atoms with E-state index in [0.29, 0.717) is 10.8 Å². The van der Waals surface area contributed by atoms with Gasteiger partial charge in [-0.1, -0.05) is 29.2 Å². The summed E-state index contributed by atoms with van der Waals surface area (Å²) in [6, 6.07) is 9.14. The first-order valence-corrected chi connectivity index (χ1v) is 9.57. The van der Waals surface area contributed by atoms with Crippen LogP contribution in [0.2, 0.25) is 0 Å². The van der Waals surface area contributed by atoms with Gasteiger partial charge in [0.15, 0.2) is 9.47 Å². The number of nitrogens with zero attached hydrogens (tertiary/aromatic N) is 3. The predicted octanol–water partition coefficient (Wildman–Crippen LogP) is 4.28. The van der Waals surface area contributed by atoms with Crippen LogP contribution in [0.15, 0.2) is 40.9 Å². The Hall–Kier alpha value is -2.03. The van der Waals surface area contributed by atoms with Crippen LogP contribution in [-0.4, -0.2) is 27.1 Å². The molecule has 4 aromatic rings. The molecule has 0 atom stereocenters. The largest absolute Gasteiger partial charge is 0.296 e. The summed E-state index contributed by atoms with van der Waals surface area (Å²) in [5, 5.41) is 3.39. The van der Waals surface area contributed by atoms with Crippen LogP contribution in [0.4, 0.5) is 5.13 Å². The number of pyridine rings is 1. The molecule has 0 aliphatic heterocycles. The standard InChI is InChI=1S/C15H10N4OS3/c1-21-15-18-9-6-5-8-11(12(9)23-15)22-14(17-8)19-13(20)10-4-2-3-7-16-10/h2-7H,1H3,(H,17,19,20). The molecular formula is C15H10N4OS3. The number of aromatic nitrogens is 3. The van der Waals surface area contributed by atoms with E-state index in [-0.39, 0.29) is 5.91 Å². The highest BCUT2D eigenvalue weighted by molar-refractivity contribution is 8.00. The van der Waals surface area contributed by atoms with Crippen molar-refractivity contribution in [2.24, 2.45) is 0 Å². The minimum atomic E-state index is -0.255. The highest BCUT2D eigenvalue weighted by Gasteiger charge is 2.14. The Morgan fingerprint density at radius 2 is 1.87 bits per heavy atom. The van der Waals surface area contributed by atoms with Crippen LogP contribution in [-0.2, 0) is 0 Å². The van der Waals surface area contributed by atoms with Crippen molar-refractivity contribution in [1.29, 1.82) is 0 Å². The number of carbonyl (C=O) groups excluding carboxylic acids is 1. The first-order valence-electron chi connectivity index (χ1n) is 6.71. The second-order valence-electron chi connectivity index (χ2n) is 4.63. The average molecular weight is 358 g/mol. The molecule has 3 heterocycles. The summed E-state index contributed by atoms with van der Waals surface area (Å²) in [7, 11) is 0. The van der Waals surface area contributed by atoms with E-state index >= 15 is 0 Å². The Bertz CT molecular complexity index is 1010. The van der Waals surface area contributed by atoms with Crippen molar-refractivity contribution in [1.82, 2.24) is 15.0 Å². The molecule has 0 spiro atoms. The highest BCUT2D eigenvalue weighted by atomic mass is 32.2. The number of anilines is 1. The number of amides is 1. The number of fused-ring (bicyclic) bond motifs is 3. The minimum Gasteiger partial charge on any atom is -0.296 e. The lowest BCUT2D eigenvalue weighted by Gasteiger charge is -1.99. The Balaban J connectivity index is 1.72. The van der Waals surface area contributed by atoms with E-state index in [0.717, 1.165) is 24.8 Å². The van der Waals surface area contributed by atoms with E-state index in [1.54, 1.807) is 47.5 Å². The zero-order chi connectivity index (χ0) is 15.8. The van der Waals surface area contributed by atoms with Crippen LogP contribution in [0.25, 0.3) is 20.4 Å². The van der Waals surface area contributed by atoms with E-state index in [4.69, 9.17) is 0 Å². The molecule has 114 valence electrons. The second kappa shape index (κ2) is 5.88. The molecule has 1 aromatic carbocycles. The monoisotopic (exact) mass is 358 g/mol. The smallest absolute Gasteiger partial charge is 0.276 e. The van der Waals surface area contributed by atoms with E-state index in [2.05, 4.69) is 20.3 Å². The molecule has 23 heavy (non-hydrogen) atoms. The van der Waals surface area contributed by atoms with E-state index in [1.165, 1.54) is 11.3 Å². The fourth-order valence-electron chi connectivity index (χ4n) is 2.15. The van der Waals surface area contributed by atoms with Crippen molar-refractivity contribution in [3.8, 4) is 0 Å². The third-order valence-electron chi connectivity index (χ3n) is 3.19. The SMILES string of the molecule is CSc1nc2ccc3nc(NC(=O)c4ccccn4)sc3c2s1. The van der Waals surface area contributed by atoms with Crippen molar-refractivity contribution in [2.45, 2.75) is 4.34 Å². The molecule has 0 aliphatic carbocycles. The molecule has 1 amide bonds. The third-order valence-corrected chi connectivity index (χ3v) is 6.39.